The van der Waals surface area contributed by atoms with Crippen LogP contribution in [0.5, 0.6) is 0 Å². The van der Waals surface area contributed by atoms with Gasteiger partial charge in [-0.15, -0.1) is 0 Å². The van der Waals surface area contributed by atoms with E-state index in [0.717, 1.165) is 0 Å². The predicted octanol–water partition coefficient (Wildman–Crippen LogP) is 1.80. The molecule has 7 heteroatoms. The first-order valence-electron chi connectivity index (χ1n) is 5.61. The third kappa shape index (κ3) is 4.78. The van der Waals surface area contributed by atoms with Crippen LogP contribution in [0.2, 0.25) is 0 Å². The van der Waals surface area contributed by atoms with Gasteiger partial charge in [0.05, 0.1) is 18.5 Å². The molecule has 1 rings (SSSR count). The molecule has 104 valence electrons. The number of methoxy groups -OCH3 is 1. The summed E-state index contributed by atoms with van der Waals surface area (Å²) in [5.41, 5.74) is 0.583. The normalized spacial score (nSPS) is 13.6. The van der Waals surface area contributed by atoms with Crippen molar-refractivity contribution >= 4 is 22.5 Å². The van der Waals surface area contributed by atoms with E-state index >= 15 is 0 Å². The number of non-ortho nitro benzene ring substituents is 1. The van der Waals surface area contributed by atoms with Gasteiger partial charge < -0.3 is 4.74 Å². The molecule has 0 spiro atoms. The minimum atomic E-state index is -1.28. The van der Waals surface area contributed by atoms with Crippen LogP contribution in [0, 0.1) is 10.1 Å². The number of nitro benzene ring substituents is 1. The number of nitrogens with zero attached hydrogens (tertiary/aromatic N) is 1. The highest BCUT2D eigenvalue weighted by Gasteiger charge is 2.17. The van der Waals surface area contributed by atoms with Gasteiger partial charge in [0.1, 0.15) is 0 Å². The molecule has 0 aliphatic heterocycles. The van der Waals surface area contributed by atoms with Crippen molar-refractivity contribution < 1.29 is 18.7 Å². The fourth-order valence-electron chi connectivity index (χ4n) is 1.48. The van der Waals surface area contributed by atoms with Crippen molar-refractivity contribution in [2.24, 2.45) is 0 Å². The molecule has 6 nitrogen and oxygen atoms in total. The summed E-state index contributed by atoms with van der Waals surface area (Å²) in [5.74, 6) is -0.236. The lowest BCUT2D eigenvalue weighted by Crippen LogP contribution is -2.18. The summed E-state index contributed by atoms with van der Waals surface area (Å²) in [6.07, 6.45) is 0.0675. The molecule has 1 aromatic carbocycles. The van der Waals surface area contributed by atoms with E-state index in [1.807, 2.05) is 0 Å². The van der Waals surface area contributed by atoms with Gasteiger partial charge in [0.15, 0.2) is 0 Å². The lowest BCUT2D eigenvalue weighted by Gasteiger charge is -2.10. The molecule has 1 aromatic rings. The van der Waals surface area contributed by atoms with E-state index in [9.17, 15) is 19.1 Å². The maximum atomic E-state index is 12.0. The molecule has 2 unspecified atom stereocenters. The molecule has 0 aromatic heterocycles. The van der Waals surface area contributed by atoms with Crippen LogP contribution in [0.1, 0.15) is 18.9 Å². The van der Waals surface area contributed by atoms with Gasteiger partial charge in [-0.1, -0.05) is 19.1 Å². The molecule has 0 saturated heterocycles. The highest BCUT2D eigenvalue weighted by atomic mass is 32.2. The Labute approximate surface area is 113 Å². The molecule has 0 radical (unpaired) electrons. The number of ether oxygens (including phenoxy) is 1. The van der Waals surface area contributed by atoms with E-state index in [1.54, 1.807) is 19.1 Å². The number of carbonyl (C=O) groups is 1. The van der Waals surface area contributed by atoms with E-state index in [1.165, 1.54) is 19.2 Å². The molecular formula is C12H15NO5S. The highest BCUT2D eigenvalue weighted by molar-refractivity contribution is 7.84. The second-order valence-electron chi connectivity index (χ2n) is 4.04. The van der Waals surface area contributed by atoms with Crippen LogP contribution in [0.3, 0.4) is 0 Å². The Balaban J connectivity index is 2.68. The Hall–Kier alpha value is -1.76. The Bertz CT molecular complexity index is 503. The third-order valence-corrected chi connectivity index (χ3v) is 4.24. The van der Waals surface area contributed by atoms with Crippen molar-refractivity contribution in [2.75, 3.05) is 7.11 Å². The average Bonchev–Trinajstić information content (AvgIpc) is 2.38. The topological polar surface area (TPSA) is 86.5 Å². The smallest absolute Gasteiger partial charge is 0.306 e. The number of benzene rings is 1. The first kappa shape index (κ1) is 15.3. The van der Waals surface area contributed by atoms with Crippen molar-refractivity contribution in [3.05, 3.63) is 39.9 Å². The van der Waals surface area contributed by atoms with E-state index in [-0.39, 0.29) is 23.1 Å². The summed E-state index contributed by atoms with van der Waals surface area (Å²) in [5, 5.41) is 10.3. The Morgan fingerprint density at radius 1 is 1.53 bits per heavy atom. The number of hydrogen-bond donors (Lipinski definition) is 0. The molecule has 0 saturated carbocycles. The zero-order chi connectivity index (χ0) is 14.4. The van der Waals surface area contributed by atoms with Crippen LogP contribution in [0.25, 0.3) is 0 Å². The number of hydrogen-bond acceptors (Lipinski definition) is 5. The molecular weight excluding hydrogens is 270 g/mol. The van der Waals surface area contributed by atoms with Crippen molar-refractivity contribution in [3.63, 3.8) is 0 Å². The fourth-order valence-corrected chi connectivity index (χ4v) is 2.59. The lowest BCUT2D eigenvalue weighted by atomic mass is 10.2. The first-order chi connectivity index (χ1) is 8.93. The van der Waals surface area contributed by atoms with E-state index in [0.29, 0.717) is 5.56 Å². The largest absolute Gasteiger partial charge is 0.469 e. The predicted molar refractivity (Wildman–Crippen MR) is 71.0 cm³/mol. The molecule has 0 amide bonds. The number of rotatable bonds is 6. The summed E-state index contributed by atoms with van der Waals surface area (Å²) in [6.45, 7) is 1.68. The summed E-state index contributed by atoms with van der Waals surface area (Å²) < 4.78 is 16.5. The summed E-state index contributed by atoms with van der Waals surface area (Å²) in [7, 11) is -0.00655. The van der Waals surface area contributed by atoms with Crippen LogP contribution in [-0.2, 0) is 26.1 Å². The number of carbonyl (C=O) groups excluding carboxylic acids is 1. The monoisotopic (exact) mass is 285 g/mol. The third-order valence-electron chi connectivity index (χ3n) is 2.56. The van der Waals surface area contributed by atoms with Gasteiger partial charge in [0.2, 0.25) is 0 Å². The van der Waals surface area contributed by atoms with Crippen molar-refractivity contribution in [1.82, 2.24) is 0 Å². The quantitative estimate of drug-likeness (QED) is 0.452. The second kappa shape index (κ2) is 6.98. The summed E-state index contributed by atoms with van der Waals surface area (Å²) in [6, 6.07) is 6.00. The molecule has 0 fully saturated rings. The summed E-state index contributed by atoms with van der Waals surface area (Å²) in [4.78, 5) is 21.2. The molecule has 0 heterocycles. The van der Waals surface area contributed by atoms with Gasteiger partial charge in [-0.3, -0.25) is 19.1 Å². The molecule has 2 atom stereocenters. The molecule has 0 aliphatic rings. The summed E-state index contributed by atoms with van der Waals surface area (Å²) >= 11 is 0. The number of nitro groups is 1. The van der Waals surface area contributed by atoms with Crippen LogP contribution in [0.4, 0.5) is 5.69 Å². The first-order valence-corrected chi connectivity index (χ1v) is 6.99. The molecule has 19 heavy (non-hydrogen) atoms. The minimum absolute atomic E-state index is 0.0323. The lowest BCUT2D eigenvalue weighted by molar-refractivity contribution is -0.384. The van der Waals surface area contributed by atoms with Crippen molar-refractivity contribution in [1.29, 1.82) is 0 Å². The standard InChI is InChI=1S/C12H15NO5S/c1-9(6-12(14)18-2)19(17)8-10-4-3-5-11(7-10)13(15)16/h3-5,7,9H,6,8H2,1-2H3. The zero-order valence-corrected chi connectivity index (χ0v) is 11.5. The Morgan fingerprint density at radius 2 is 2.21 bits per heavy atom. The Morgan fingerprint density at radius 3 is 2.79 bits per heavy atom. The highest BCUT2D eigenvalue weighted by Crippen LogP contribution is 2.16. The molecule has 0 N–H and O–H groups in total. The van der Waals surface area contributed by atoms with Gasteiger partial charge in [0.25, 0.3) is 5.69 Å². The van der Waals surface area contributed by atoms with E-state index in [4.69, 9.17) is 0 Å². The van der Waals surface area contributed by atoms with Crippen molar-refractivity contribution in [3.8, 4) is 0 Å². The molecule has 0 bridgehead atoms. The Kier molecular flexibility index (Phi) is 5.62. The van der Waals surface area contributed by atoms with E-state index in [2.05, 4.69) is 4.74 Å². The van der Waals surface area contributed by atoms with Crippen LogP contribution >= 0.6 is 0 Å². The van der Waals surface area contributed by atoms with Gasteiger partial charge in [0, 0.05) is 33.9 Å². The zero-order valence-electron chi connectivity index (χ0n) is 10.7. The van der Waals surface area contributed by atoms with Crippen LogP contribution < -0.4 is 0 Å². The molecule has 0 aliphatic carbocycles. The second-order valence-corrected chi connectivity index (χ2v) is 5.90. The van der Waals surface area contributed by atoms with Crippen LogP contribution in [0.15, 0.2) is 24.3 Å². The van der Waals surface area contributed by atoms with Gasteiger partial charge in [-0.2, -0.15) is 0 Å². The maximum absolute atomic E-state index is 12.0. The number of esters is 1. The maximum Gasteiger partial charge on any atom is 0.306 e. The average molecular weight is 285 g/mol. The minimum Gasteiger partial charge on any atom is -0.469 e. The van der Waals surface area contributed by atoms with Gasteiger partial charge in [-0.05, 0) is 5.56 Å². The SMILES string of the molecule is COC(=O)CC(C)S(=O)Cc1cccc([N+](=O)[O-])c1. The van der Waals surface area contributed by atoms with Crippen molar-refractivity contribution in [2.45, 2.75) is 24.3 Å². The fraction of sp³-hybridized carbons (Fsp3) is 0.417. The van der Waals surface area contributed by atoms with Crippen LogP contribution in [-0.4, -0.2) is 27.5 Å². The van der Waals surface area contributed by atoms with Gasteiger partial charge >= 0.3 is 5.97 Å². The van der Waals surface area contributed by atoms with Gasteiger partial charge in [-0.25, -0.2) is 0 Å². The van der Waals surface area contributed by atoms with E-state index < -0.39 is 21.7 Å².